The molecule has 1 aromatic heterocycles. The van der Waals surface area contributed by atoms with E-state index in [2.05, 4.69) is 0 Å². The molecule has 0 radical (unpaired) electrons. The van der Waals surface area contributed by atoms with Gasteiger partial charge < -0.3 is 9.15 Å². The molecule has 3 heteroatoms. The fraction of sp³-hybridized carbons (Fsp3) is 0.214. The standard InChI is InChI=1S/C14H12O3/c1-8-3-4-12-10(5-8)14(15)11-7-16-9(2)6-13(11)17-12/h3-6H,7H2,1-2H3. The lowest BCUT2D eigenvalue weighted by Gasteiger charge is -2.14. The van der Waals surface area contributed by atoms with Gasteiger partial charge in [0, 0.05) is 6.08 Å². The van der Waals surface area contributed by atoms with Crippen LogP contribution in [0.25, 0.3) is 17.0 Å². The van der Waals surface area contributed by atoms with E-state index < -0.39 is 0 Å². The molecule has 1 aliphatic heterocycles. The lowest BCUT2D eigenvalue weighted by atomic mass is 10.1. The molecule has 0 spiro atoms. The fourth-order valence-corrected chi connectivity index (χ4v) is 2.03. The first-order chi connectivity index (χ1) is 8.15. The number of aryl methyl sites for hydroxylation is 1. The molecule has 2 heterocycles. The highest BCUT2D eigenvalue weighted by molar-refractivity contribution is 5.79. The summed E-state index contributed by atoms with van der Waals surface area (Å²) >= 11 is 0. The Balaban J connectivity index is 2.41. The van der Waals surface area contributed by atoms with Crippen molar-refractivity contribution in [2.75, 3.05) is 0 Å². The molecule has 0 unspecified atom stereocenters. The van der Waals surface area contributed by atoms with Crippen LogP contribution < -0.4 is 5.43 Å². The van der Waals surface area contributed by atoms with Gasteiger partial charge in [0.05, 0.1) is 16.7 Å². The molecule has 3 rings (SSSR count). The average Bonchev–Trinajstić information content (AvgIpc) is 2.30. The first-order valence-electron chi connectivity index (χ1n) is 5.52. The van der Waals surface area contributed by atoms with Crippen molar-refractivity contribution < 1.29 is 9.15 Å². The number of fused-ring (bicyclic) bond motifs is 2. The van der Waals surface area contributed by atoms with Crippen molar-refractivity contribution in [2.45, 2.75) is 20.5 Å². The Labute approximate surface area is 98.3 Å². The zero-order chi connectivity index (χ0) is 12.0. The highest BCUT2D eigenvalue weighted by atomic mass is 16.5. The van der Waals surface area contributed by atoms with E-state index in [0.717, 1.165) is 11.3 Å². The minimum atomic E-state index is 0.00806. The van der Waals surface area contributed by atoms with Gasteiger partial charge in [-0.15, -0.1) is 0 Å². The molecule has 3 nitrogen and oxygen atoms in total. The second-order valence-corrected chi connectivity index (χ2v) is 4.32. The summed E-state index contributed by atoms with van der Waals surface area (Å²) in [4.78, 5) is 12.3. The average molecular weight is 228 g/mol. The van der Waals surface area contributed by atoms with E-state index in [0.29, 0.717) is 28.9 Å². The lowest BCUT2D eigenvalue weighted by Crippen LogP contribution is -2.15. The molecule has 1 aromatic carbocycles. The number of allylic oxidation sites excluding steroid dienone is 1. The van der Waals surface area contributed by atoms with Crippen LogP contribution >= 0.6 is 0 Å². The zero-order valence-corrected chi connectivity index (χ0v) is 9.74. The van der Waals surface area contributed by atoms with E-state index in [-0.39, 0.29) is 5.43 Å². The van der Waals surface area contributed by atoms with Crippen LogP contribution in [0, 0.1) is 6.92 Å². The molecule has 0 saturated heterocycles. The third kappa shape index (κ3) is 1.55. The van der Waals surface area contributed by atoms with Gasteiger partial charge in [-0.05, 0) is 26.0 Å². The van der Waals surface area contributed by atoms with Crippen molar-refractivity contribution in [1.29, 1.82) is 0 Å². The minimum absolute atomic E-state index is 0.00806. The molecular formula is C14H12O3. The van der Waals surface area contributed by atoms with Crippen LogP contribution in [-0.4, -0.2) is 0 Å². The van der Waals surface area contributed by atoms with E-state index in [1.807, 2.05) is 32.0 Å². The maximum Gasteiger partial charge on any atom is 0.199 e. The number of benzene rings is 1. The molecule has 17 heavy (non-hydrogen) atoms. The topological polar surface area (TPSA) is 39.4 Å². The highest BCUT2D eigenvalue weighted by Gasteiger charge is 2.17. The van der Waals surface area contributed by atoms with Crippen molar-refractivity contribution in [3.05, 3.63) is 51.1 Å². The monoisotopic (exact) mass is 228 g/mol. The summed E-state index contributed by atoms with van der Waals surface area (Å²) in [5.74, 6) is 1.39. The largest absolute Gasteiger partial charge is 0.493 e. The normalized spacial score (nSPS) is 14.1. The molecule has 2 aromatic rings. The summed E-state index contributed by atoms with van der Waals surface area (Å²) in [7, 11) is 0. The van der Waals surface area contributed by atoms with E-state index in [9.17, 15) is 4.79 Å². The van der Waals surface area contributed by atoms with Crippen LogP contribution in [0.5, 0.6) is 0 Å². The van der Waals surface area contributed by atoms with Gasteiger partial charge in [0.25, 0.3) is 0 Å². The predicted octanol–water partition coefficient (Wildman–Crippen LogP) is 2.99. The SMILES string of the molecule is CC1=Cc2oc3ccc(C)cc3c(=O)c2CO1. The quantitative estimate of drug-likeness (QED) is 0.695. The van der Waals surface area contributed by atoms with Gasteiger partial charge in [-0.1, -0.05) is 11.6 Å². The first-order valence-corrected chi connectivity index (χ1v) is 5.52. The van der Waals surface area contributed by atoms with Crippen LogP contribution in [0.3, 0.4) is 0 Å². The van der Waals surface area contributed by atoms with E-state index in [4.69, 9.17) is 9.15 Å². The van der Waals surface area contributed by atoms with E-state index in [1.54, 1.807) is 6.08 Å². The summed E-state index contributed by atoms with van der Waals surface area (Å²) in [5, 5.41) is 0.625. The van der Waals surface area contributed by atoms with Crippen LogP contribution in [0.1, 0.15) is 23.8 Å². The van der Waals surface area contributed by atoms with Crippen LogP contribution in [-0.2, 0) is 11.3 Å². The first kappa shape index (κ1) is 10.1. The number of hydrogen-bond acceptors (Lipinski definition) is 3. The molecule has 1 aliphatic rings. The van der Waals surface area contributed by atoms with Crippen LogP contribution in [0.4, 0.5) is 0 Å². The second-order valence-electron chi connectivity index (χ2n) is 4.32. The molecule has 0 amide bonds. The zero-order valence-electron chi connectivity index (χ0n) is 9.74. The van der Waals surface area contributed by atoms with Gasteiger partial charge in [0.15, 0.2) is 5.43 Å². The Kier molecular flexibility index (Phi) is 2.08. The smallest absolute Gasteiger partial charge is 0.199 e. The molecule has 86 valence electrons. The number of ether oxygens (including phenoxy) is 1. The summed E-state index contributed by atoms with van der Waals surface area (Å²) in [6, 6.07) is 5.63. The van der Waals surface area contributed by atoms with Crippen molar-refractivity contribution >= 4 is 17.0 Å². The minimum Gasteiger partial charge on any atom is -0.493 e. The molecule has 0 bridgehead atoms. The molecule has 0 aliphatic carbocycles. The molecule has 0 atom stereocenters. The van der Waals surface area contributed by atoms with Gasteiger partial charge in [-0.25, -0.2) is 0 Å². The van der Waals surface area contributed by atoms with Gasteiger partial charge >= 0.3 is 0 Å². The molecule has 0 fully saturated rings. The van der Waals surface area contributed by atoms with Gasteiger partial charge in [0.2, 0.25) is 0 Å². The van der Waals surface area contributed by atoms with Crippen molar-refractivity contribution in [2.24, 2.45) is 0 Å². The van der Waals surface area contributed by atoms with Crippen molar-refractivity contribution in [3.63, 3.8) is 0 Å². The van der Waals surface area contributed by atoms with Gasteiger partial charge in [-0.2, -0.15) is 0 Å². The Hall–Kier alpha value is -2.03. The summed E-state index contributed by atoms with van der Waals surface area (Å²) in [5.41, 5.74) is 2.29. The Morgan fingerprint density at radius 2 is 2.06 bits per heavy atom. The third-order valence-corrected chi connectivity index (χ3v) is 2.95. The Morgan fingerprint density at radius 3 is 2.88 bits per heavy atom. The van der Waals surface area contributed by atoms with Crippen LogP contribution in [0.15, 0.2) is 33.2 Å². The van der Waals surface area contributed by atoms with Gasteiger partial charge in [0.1, 0.15) is 18.0 Å². The maximum atomic E-state index is 12.3. The molecule has 0 saturated carbocycles. The predicted molar refractivity (Wildman–Crippen MR) is 65.7 cm³/mol. The Bertz CT molecular complexity index is 692. The second kappa shape index (κ2) is 3.48. The highest BCUT2D eigenvalue weighted by Crippen LogP contribution is 2.23. The molecule has 0 N–H and O–H groups in total. The summed E-state index contributed by atoms with van der Waals surface area (Å²) < 4.78 is 11.1. The Morgan fingerprint density at radius 1 is 1.24 bits per heavy atom. The number of rotatable bonds is 0. The fourth-order valence-electron chi connectivity index (χ4n) is 2.03. The summed E-state index contributed by atoms with van der Waals surface area (Å²) in [6.45, 7) is 4.10. The molecular weight excluding hydrogens is 216 g/mol. The van der Waals surface area contributed by atoms with E-state index >= 15 is 0 Å². The van der Waals surface area contributed by atoms with E-state index in [1.165, 1.54) is 0 Å². The maximum absolute atomic E-state index is 12.3. The van der Waals surface area contributed by atoms with Crippen molar-refractivity contribution in [3.8, 4) is 0 Å². The number of hydrogen-bond donors (Lipinski definition) is 0. The summed E-state index contributed by atoms with van der Waals surface area (Å²) in [6.07, 6.45) is 1.76. The third-order valence-electron chi connectivity index (χ3n) is 2.95. The lowest BCUT2D eigenvalue weighted by molar-refractivity contribution is 0.194. The van der Waals surface area contributed by atoms with Gasteiger partial charge in [-0.3, -0.25) is 4.79 Å². The van der Waals surface area contributed by atoms with Crippen molar-refractivity contribution in [1.82, 2.24) is 0 Å². The van der Waals surface area contributed by atoms with Crippen LogP contribution in [0.2, 0.25) is 0 Å².